The maximum atomic E-state index is 9.38. The molecule has 1 saturated carbocycles. The first-order chi connectivity index (χ1) is 10.3. The highest BCUT2D eigenvalue weighted by atomic mass is 32.2. The molecule has 0 spiro atoms. The standard InChI is InChI=1S/C17H20N2OS/c1-2-5-12-8-9-13(11-18)16(10-12)21-17-19-14-6-3-4-7-15(14)20-17/h3-4,6-7,12-13,16H,2,5,8-10H2,1H3. The van der Waals surface area contributed by atoms with Crippen LogP contribution >= 0.6 is 11.8 Å². The summed E-state index contributed by atoms with van der Waals surface area (Å²) in [5.41, 5.74) is 1.73. The third kappa shape index (κ3) is 3.24. The van der Waals surface area contributed by atoms with Crippen molar-refractivity contribution < 1.29 is 4.42 Å². The minimum Gasteiger partial charge on any atom is -0.431 e. The molecule has 1 aliphatic rings. The van der Waals surface area contributed by atoms with Gasteiger partial charge in [0.05, 0.1) is 12.0 Å². The first-order valence-corrected chi connectivity index (χ1v) is 8.60. The largest absolute Gasteiger partial charge is 0.431 e. The van der Waals surface area contributed by atoms with E-state index >= 15 is 0 Å². The predicted octanol–water partition coefficient (Wildman–Crippen LogP) is 5.03. The lowest BCUT2D eigenvalue weighted by Crippen LogP contribution is -2.26. The van der Waals surface area contributed by atoms with Gasteiger partial charge >= 0.3 is 0 Å². The molecule has 3 rings (SSSR count). The molecule has 0 N–H and O–H groups in total. The van der Waals surface area contributed by atoms with Gasteiger partial charge in [0.2, 0.25) is 0 Å². The summed E-state index contributed by atoms with van der Waals surface area (Å²) >= 11 is 1.65. The Morgan fingerprint density at radius 2 is 2.24 bits per heavy atom. The van der Waals surface area contributed by atoms with Crippen molar-refractivity contribution in [3.63, 3.8) is 0 Å². The van der Waals surface area contributed by atoms with Crippen molar-refractivity contribution in [1.29, 1.82) is 5.26 Å². The van der Waals surface area contributed by atoms with Gasteiger partial charge < -0.3 is 4.42 Å². The number of benzene rings is 1. The average Bonchev–Trinajstić information content (AvgIpc) is 2.90. The lowest BCUT2D eigenvalue weighted by atomic mass is 9.80. The molecule has 1 aromatic heterocycles. The summed E-state index contributed by atoms with van der Waals surface area (Å²) in [7, 11) is 0. The van der Waals surface area contributed by atoms with Crippen molar-refractivity contribution in [3.8, 4) is 6.07 Å². The van der Waals surface area contributed by atoms with E-state index in [4.69, 9.17) is 4.42 Å². The van der Waals surface area contributed by atoms with Gasteiger partial charge in [-0.1, -0.05) is 43.7 Å². The van der Waals surface area contributed by atoms with Crippen molar-refractivity contribution in [2.24, 2.45) is 11.8 Å². The zero-order chi connectivity index (χ0) is 14.7. The van der Waals surface area contributed by atoms with E-state index in [9.17, 15) is 5.26 Å². The number of hydrogen-bond donors (Lipinski definition) is 0. The maximum absolute atomic E-state index is 9.38. The van der Waals surface area contributed by atoms with Crippen molar-refractivity contribution in [2.45, 2.75) is 49.5 Å². The van der Waals surface area contributed by atoms with E-state index in [0.717, 1.165) is 29.9 Å². The van der Waals surface area contributed by atoms with E-state index in [1.54, 1.807) is 11.8 Å². The molecule has 3 unspecified atom stereocenters. The van der Waals surface area contributed by atoms with Crippen molar-refractivity contribution in [1.82, 2.24) is 4.98 Å². The molecule has 21 heavy (non-hydrogen) atoms. The fourth-order valence-corrected chi connectivity index (χ4v) is 4.47. The highest BCUT2D eigenvalue weighted by Gasteiger charge is 2.32. The number of aromatic nitrogens is 1. The number of para-hydroxylation sites is 2. The molecule has 2 aromatic rings. The Hall–Kier alpha value is -1.47. The quantitative estimate of drug-likeness (QED) is 0.794. The first kappa shape index (κ1) is 14.5. The van der Waals surface area contributed by atoms with E-state index in [-0.39, 0.29) is 5.92 Å². The van der Waals surface area contributed by atoms with E-state index in [1.165, 1.54) is 19.3 Å². The maximum Gasteiger partial charge on any atom is 0.257 e. The molecule has 0 aliphatic heterocycles. The number of rotatable bonds is 4. The Morgan fingerprint density at radius 1 is 1.38 bits per heavy atom. The molecule has 1 aromatic carbocycles. The molecule has 0 amide bonds. The summed E-state index contributed by atoms with van der Waals surface area (Å²) in [6, 6.07) is 10.3. The lowest BCUT2D eigenvalue weighted by molar-refractivity contribution is 0.305. The van der Waals surface area contributed by atoms with Gasteiger partial charge in [-0.2, -0.15) is 5.26 Å². The number of fused-ring (bicyclic) bond motifs is 1. The molecule has 0 radical (unpaired) electrons. The molecule has 1 aliphatic carbocycles. The summed E-state index contributed by atoms with van der Waals surface area (Å²) in [6.07, 6.45) is 5.80. The Morgan fingerprint density at radius 3 is 3.00 bits per heavy atom. The van der Waals surface area contributed by atoms with Crippen LogP contribution < -0.4 is 0 Å². The summed E-state index contributed by atoms with van der Waals surface area (Å²) in [5, 5.41) is 10.4. The van der Waals surface area contributed by atoms with Gasteiger partial charge in [0.15, 0.2) is 5.58 Å². The third-order valence-corrected chi connectivity index (χ3v) is 5.49. The van der Waals surface area contributed by atoms with E-state index in [2.05, 4.69) is 18.0 Å². The SMILES string of the molecule is CCCC1CCC(C#N)C(Sc2nc3ccccc3o2)C1. The van der Waals surface area contributed by atoms with Crippen LogP contribution in [0.4, 0.5) is 0 Å². The average molecular weight is 300 g/mol. The number of nitrogens with zero attached hydrogens (tertiary/aromatic N) is 2. The lowest BCUT2D eigenvalue weighted by Gasteiger charge is -2.31. The van der Waals surface area contributed by atoms with Crippen LogP contribution in [0.1, 0.15) is 39.0 Å². The Bertz CT molecular complexity index is 613. The van der Waals surface area contributed by atoms with Crippen molar-refractivity contribution >= 4 is 22.9 Å². The molecule has 110 valence electrons. The molecular formula is C17H20N2OS. The van der Waals surface area contributed by atoms with Crippen molar-refractivity contribution in [2.75, 3.05) is 0 Å². The Balaban J connectivity index is 1.75. The fourth-order valence-electron chi connectivity index (χ4n) is 3.19. The van der Waals surface area contributed by atoms with Gasteiger partial charge in [-0.3, -0.25) is 0 Å². The molecule has 1 fully saturated rings. The van der Waals surface area contributed by atoms with Gasteiger partial charge in [0.25, 0.3) is 5.22 Å². The van der Waals surface area contributed by atoms with E-state index in [0.29, 0.717) is 10.5 Å². The van der Waals surface area contributed by atoms with Crippen LogP contribution in [0, 0.1) is 23.2 Å². The van der Waals surface area contributed by atoms with Crippen LogP contribution in [0.5, 0.6) is 0 Å². The van der Waals surface area contributed by atoms with Gasteiger partial charge in [0, 0.05) is 5.25 Å². The van der Waals surface area contributed by atoms with Gasteiger partial charge in [-0.05, 0) is 37.3 Å². The first-order valence-electron chi connectivity index (χ1n) is 7.72. The summed E-state index contributed by atoms with van der Waals surface area (Å²) in [4.78, 5) is 4.53. The normalized spacial score (nSPS) is 25.8. The second-order valence-electron chi connectivity index (χ2n) is 5.81. The molecule has 3 atom stereocenters. The monoisotopic (exact) mass is 300 g/mol. The Kier molecular flexibility index (Phi) is 4.50. The zero-order valence-corrected chi connectivity index (χ0v) is 13.1. The number of oxazole rings is 1. The van der Waals surface area contributed by atoms with Crippen LogP contribution in [0.3, 0.4) is 0 Å². The number of nitriles is 1. The molecule has 3 nitrogen and oxygen atoms in total. The molecule has 0 bridgehead atoms. The van der Waals surface area contributed by atoms with Gasteiger partial charge in [-0.25, -0.2) is 4.98 Å². The summed E-state index contributed by atoms with van der Waals surface area (Å²) < 4.78 is 5.80. The minimum absolute atomic E-state index is 0.123. The second-order valence-corrected chi connectivity index (χ2v) is 7.00. The van der Waals surface area contributed by atoms with Crippen molar-refractivity contribution in [3.05, 3.63) is 24.3 Å². The number of thioether (sulfide) groups is 1. The topological polar surface area (TPSA) is 49.8 Å². The summed E-state index contributed by atoms with van der Waals surface area (Å²) in [6.45, 7) is 2.24. The molecule has 0 saturated heterocycles. The smallest absolute Gasteiger partial charge is 0.257 e. The van der Waals surface area contributed by atoms with Crippen LogP contribution in [-0.4, -0.2) is 10.2 Å². The third-order valence-electron chi connectivity index (χ3n) is 4.29. The second kappa shape index (κ2) is 6.53. The highest BCUT2D eigenvalue weighted by molar-refractivity contribution is 7.99. The molecule has 4 heteroatoms. The molecule has 1 heterocycles. The Labute approximate surface area is 129 Å². The predicted molar refractivity (Wildman–Crippen MR) is 85.0 cm³/mol. The van der Waals surface area contributed by atoms with Crippen LogP contribution in [0.2, 0.25) is 0 Å². The van der Waals surface area contributed by atoms with Gasteiger partial charge in [0.1, 0.15) is 5.52 Å². The van der Waals surface area contributed by atoms with Crippen LogP contribution in [0.15, 0.2) is 33.9 Å². The zero-order valence-electron chi connectivity index (χ0n) is 12.3. The van der Waals surface area contributed by atoms with E-state index in [1.807, 2.05) is 24.3 Å². The minimum atomic E-state index is 0.123. The fraction of sp³-hybridized carbons (Fsp3) is 0.529. The highest BCUT2D eigenvalue weighted by Crippen LogP contribution is 2.41. The van der Waals surface area contributed by atoms with Gasteiger partial charge in [-0.15, -0.1) is 0 Å². The number of hydrogen-bond acceptors (Lipinski definition) is 4. The van der Waals surface area contributed by atoms with E-state index < -0.39 is 0 Å². The van der Waals surface area contributed by atoms with Crippen LogP contribution in [0.25, 0.3) is 11.1 Å². The molecular weight excluding hydrogens is 280 g/mol. The van der Waals surface area contributed by atoms with Crippen LogP contribution in [-0.2, 0) is 0 Å². The summed E-state index contributed by atoms with van der Waals surface area (Å²) in [5.74, 6) is 0.875.